The Bertz CT molecular complexity index is 1070. The van der Waals surface area contributed by atoms with Crippen LogP contribution in [0.2, 0.25) is 0 Å². The molecule has 0 aliphatic carbocycles. The van der Waals surface area contributed by atoms with Crippen LogP contribution in [0, 0.1) is 0 Å². The summed E-state index contributed by atoms with van der Waals surface area (Å²) in [6.07, 6.45) is 7.84. The normalized spacial score (nSPS) is 17.3. The minimum atomic E-state index is 0.384. The van der Waals surface area contributed by atoms with Gasteiger partial charge in [-0.15, -0.1) is 0 Å². The largest absolute Gasteiger partial charge is 0.324 e. The maximum absolute atomic E-state index is 4.39. The Morgan fingerprint density at radius 3 is 2.73 bits per heavy atom. The molecule has 1 aromatic carbocycles. The molecule has 26 heavy (non-hydrogen) atoms. The third-order valence-electron chi connectivity index (χ3n) is 5.23. The van der Waals surface area contributed by atoms with E-state index in [1.807, 2.05) is 6.07 Å². The summed E-state index contributed by atoms with van der Waals surface area (Å²) in [4.78, 5) is 11.2. The summed E-state index contributed by atoms with van der Waals surface area (Å²) < 4.78 is 2.16. The smallest absolute Gasteiger partial charge is 0.159 e. The lowest BCUT2D eigenvalue weighted by molar-refractivity contribution is 0.295. The van der Waals surface area contributed by atoms with Gasteiger partial charge in [-0.2, -0.15) is 0 Å². The number of hydrogen-bond acceptors (Lipinski definition) is 3. The molecule has 3 aromatic heterocycles. The first-order chi connectivity index (χ1) is 12.8. The summed E-state index contributed by atoms with van der Waals surface area (Å²) >= 11 is 0. The molecule has 0 N–H and O–H groups in total. The molecule has 0 spiro atoms. The second-order valence-electron chi connectivity index (χ2n) is 7.04. The summed E-state index contributed by atoms with van der Waals surface area (Å²) in [6.45, 7) is 1.99. The lowest BCUT2D eigenvalue weighted by atomic mass is 9.84. The Kier molecular flexibility index (Phi) is 3.57. The van der Waals surface area contributed by atoms with E-state index in [1.54, 1.807) is 12.4 Å². The van der Waals surface area contributed by atoms with Gasteiger partial charge in [0.1, 0.15) is 0 Å². The van der Waals surface area contributed by atoms with Crippen LogP contribution in [0.3, 0.4) is 0 Å². The standard InChI is InChI=1S/C22H20N4/c1-25-14-18-12-17(22-23-8-3-9-24-22)5-6-20(18)21(15-25)16-7-11-26-10-2-4-19(26)13-16/h2-13,21H,14-15H2,1H3. The van der Waals surface area contributed by atoms with Crippen LogP contribution in [0.1, 0.15) is 22.6 Å². The van der Waals surface area contributed by atoms with Crippen molar-refractivity contribution in [1.29, 1.82) is 0 Å². The molecule has 4 heteroatoms. The molecule has 4 nitrogen and oxygen atoms in total. The number of benzene rings is 1. The van der Waals surface area contributed by atoms with E-state index in [4.69, 9.17) is 0 Å². The van der Waals surface area contributed by atoms with Gasteiger partial charge >= 0.3 is 0 Å². The first-order valence-corrected chi connectivity index (χ1v) is 8.93. The highest BCUT2D eigenvalue weighted by atomic mass is 15.1. The second kappa shape index (κ2) is 6.07. The van der Waals surface area contributed by atoms with E-state index >= 15 is 0 Å². The third-order valence-corrected chi connectivity index (χ3v) is 5.23. The Hall–Kier alpha value is -2.98. The molecule has 128 valence electrons. The van der Waals surface area contributed by atoms with Gasteiger partial charge in [-0.3, -0.25) is 0 Å². The number of aromatic nitrogens is 3. The van der Waals surface area contributed by atoms with Crippen LogP contribution in [0.25, 0.3) is 16.9 Å². The van der Waals surface area contributed by atoms with Crippen LogP contribution < -0.4 is 0 Å². The molecule has 4 heterocycles. The molecule has 0 bridgehead atoms. The van der Waals surface area contributed by atoms with Crippen LogP contribution >= 0.6 is 0 Å². The zero-order valence-corrected chi connectivity index (χ0v) is 14.7. The van der Waals surface area contributed by atoms with Crippen molar-refractivity contribution in [3.8, 4) is 11.4 Å². The Morgan fingerprint density at radius 1 is 0.962 bits per heavy atom. The quantitative estimate of drug-likeness (QED) is 0.553. The number of fused-ring (bicyclic) bond motifs is 2. The highest BCUT2D eigenvalue weighted by Crippen LogP contribution is 2.35. The molecule has 1 unspecified atom stereocenters. The van der Waals surface area contributed by atoms with Gasteiger partial charge in [0, 0.05) is 54.9 Å². The highest BCUT2D eigenvalue weighted by molar-refractivity contribution is 5.59. The van der Waals surface area contributed by atoms with Gasteiger partial charge in [-0.05, 0) is 60.1 Å². The molecule has 0 fully saturated rings. The van der Waals surface area contributed by atoms with Crippen molar-refractivity contribution in [2.24, 2.45) is 0 Å². The Balaban J connectivity index is 1.59. The molecule has 1 atom stereocenters. The average Bonchev–Trinajstić information content (AvgIpc) is 3.15. The van der Waals surface area contributed by atoms with Crippen molar-refractivity contribution in [2.45, 2.75) is 12.5 Å². The molecule has 0 radical (unpaired) electrons. The van der Waals surface area contributed by atoms with E-state index < -0.39 is 0 Å². The maximum Gasteiger partial charge on any atom is 0.159 e. The molecule has 4 aromatic rings. The number of nitrogens with zero attached hydrogens (tertiary/aromatic N) is 4. The van der Waals surface area contributed by atoms with Crippen molar-refractivity contribution >= 4 is 5.52 Å². The van der Waals surface area contributed by atoms with Gasteiger partial charge in [-0.1, -0.05) is 12.1 Å². The fourth-order valence-corrected chi connectivity index (χ4v) is 3.99. The molecule has 1 aliphatic rings. The Morgan fingerprint density at radius 2 is 1.85 bits per heavy atom. The lowest BCUT2D eigenvalue weighted by Gasteiger charge is -2.33. The predicted octanol–water partition coefficient (Wildman–Crippen LogP) is 3.97. The first kappa shape index (κ1) is 15.3. The Labute approximate surface area is 152 Å². The SMILES string of the molecule is CN1Cc2cc(-c3ncccn3)ccc2C(c2ccn3cccc3c2)C1. The van der Waals surface area contributed by atoms with E-state index in [-0.39, 0.29) is 0 Å². The van der Waals surface area contributed by atoms with Crippen molar-refractivity contribution in [1.82, 2.24) is 19.3 Å². The van der Waals surface area contributed by atoms with Crippen molar-refractivity contribution in [3.05, 3.63) is 90.0 Å². The van der Waals surface area contributed by atoms with Gasteiger partial charge in [0.2, 0.25) is 0 Å². The number of likely N-dealkylation sites (N-methyl/N-ethyl adjacent to an activating group) is 1. The molecule has 0 saturated heterocycles. The fraction of sp³-hybridized carbons (Fsp3) is 0.182. The molecular weight excluding hydrogens is 320 g/mol. The van der Waals surface area contributed by atoms with E-state index in [0.717, 1.165) is 24.5 Å². The van der Waals surface area contributed by atoms with Crippen LogP contribution in [0.4, 0.5) is 0 Å². The van der Waals surface area contributed by atoms with E-state index in [2.05, 4.69) is 81.2 Å². The molecule has 1 aliphatic heterocycles. The van der Waals surface area contributed by atoms with E-state index in [1.165, 1.54) is 22.2 Å². The number of pyridine rings is 1. The maximum atomic E-state index is 4.39. The minimum Gasteiger partial charge on any atom is -0.324 e. The van der Waals surface area contributed by atoms with E-state index in [0.29, 0.717) is 5.92 Å². The highest BCUT2D eigenvalue weighted by Gasteiger charge is 2.25. The second-order valence-corrected chi connectivity index (χ2v) is 7.04. The van der Waals surface area contributed by atoms with Gasteiger partial charge in [0.15, 0.2) is 5.82 Å². The lowest BCUT2D eigenvalue weighted by Crippen LogP contribution is -2.31. The zero-order chi connectivity index (χ0) is 17.5. The summed E-state index contributed by atoms with van der Waals surface area (Å²) in [7, 11) is 2.19. The molecule has 0 saturated carbocycles. The monoisotopic (exact) mass is 340 g/mol. The third kappa shape index (κ3) is 2.59. The molecule has 0 amide bonds. The molecule has 5 rings (SSSR count). The summed E-state index contributed by atoms with van der Waals surface area (Å²) in [6, 6.07) is 17.3. The van der Waals surface area contributed by atoms with Crippen LogP contribution in [0.15, 0.2) is 73.3 Å². The average molecular weight is 340 g/mol. The number of rotatable bonds is 2. The zero-order valence-electron chi connectivity index (χ0n) is 14.7. The fourth-order valence-electron chi connectivity index (χ4n) is 3.99. The van der Waals surface area contributed by atoms with E-state index in [9.17, 15) is 0 Å². The van der Waals surface area contributed by atoms with Crippen molar-refractivity contribution in [3.63, 3.8) is 0 Å². The summed E-state index contributed by atoms with van der Waals surface area (Å²) in [5.41, 5.74) is 6.47. The number of hydrogen-bond donors (Lipinski definition) is 0. The minimum absolute atomic E-state index is 0.384. The van der Waals surface area contributed by atoms with Gasteiger partial charge in [0.05, 0.1) is 0 Å². The van der Waals surface area contributed by atoms with Crippen molar-refractivity contribution in [2.75, 3.05) is 13.6 Å². The van der Waals surface area contributed by atoms with Crippen molar-refractivity contribution < 1.29 is 0 Å². The molecular formula is C22H20N4. The predicted molar refractivity (Wildman–Crippen MR) is 103 cm³/mol. The van der Waals surface area contributed by atoms with Crippen LogP contribution in [0.5, 0.6) is 0 Å². The summed E-state index contributed by atoms with van der Waals surface area (Å²) in [5, 5.41) is 0. The first-order valence-electron chi connectivity index (χ1n) is 8.93. The topological polar surface area (TPSA) is 33.4 Å². The van der Waals surface area contributed by atoms with Gasteiger partial charge < -0.3 is 9.30 Å². The van der Waals surface area contributed by atoms with Gasteiger partial charge in [-0.25, -0.2) is 9.97 Å². The van der Waals surface area contributed by atoms with Crippen LogP contribution in [-0.2, 0) is 6.54 Å². The summed E-state index contributed by atoms with van der Waals surface area (Å²) in [5.74, 6) is 1.17. The van der Waals surface area contributed by atoms with Crippen LogP contribution in [-0.4, -0.2) is 32.9 Å². The van der Waals surface area contributed by atoms with Gasteiger partial charge in [0.25, 0.3) is 0 Å².